The topological polar surface area (TPSA) is 87.0 Å². The molecular formula is C22H19N5O3. The average molecular weight is 401 g/mol. The van der Waals surface area contributed by atoms with E-state index in [0.717, 1.165) is 16.7 Å². The van der Waals surface area contributed by atoms with Crippen LogP contribution in [0, 0.1) is 0 Å². The Morgan fingerprint density at radius 2 is 1.80 bits per heavy atom. The Kier molecular flexibility index (Phi) is 4.06. The molecule has 0 unspecified atom stereocenters. The number of nitrogens with one attached hydrogen (secondary N) is 1. The van der Waals surface area contributed by atoms with Crippen molar-refractivity contribution in [1.29, 1.82) is 0 Å². The number of aromatic amines is 1. The van der Waals surface area contributed by atoms with Crippen LogP contribution in [-0.2, 0) is 6.54 Å². The number of fused-ring (bicyclic) bond motifs is 4. The molecule has 0 fully saturated rings. The first-order valence-corrected chi connectivity index (χ1v) is 9.39. The summed E-state index contributed by atoms with van der Waals surface area (Å²) < 4.78 is 14.2. The van der Waals surface area contributed by atoms with Crippen molar-refractivity contribution < 1.29 is 9.47 Å². The van der Waals surface area contributed by atoms with Crippen molar-refractivity contribution >= 4 is 33.2 Å². The Hall–Kier alpha value is -4.07. The van der Waals surface area contributed by atoms with Gasteiger partial charge in [-0.2, -0.15) is 0 Å². The van der Waals surface area contributed by atoms with Gasteiger partial charge in [0, 0.05) is 6.07 Å². The van der Waals surface area contributed by atoms with Crippen molar-refractivity contribution in [2.24, 2.45) is 0 Å². The maximum absolute atomic E-state index is 13.1. The molecule has 0 radical (unpaired) electrons. The molecule has 0 aliphatic heterocycles. The van der Waals surface area contributed by atoms with Crippen LogP contribution in [0.25, 0.3) is 38.9 Å². The Morgan fingerprint density at radius 1 is 1.07 bits per heavy atom. The van der Waals surface area contributed by atoms with Gasteiger partial charge in [0.15, 0.2) is 17.1 Å². The SMILES string of the molecule is C=CCn1[nH]c2c(c1=O)c1nc3ccccc3nc1n2-c1ccc(OC)c(OC)c1. The van der Waals surface area contributed by atoms with Gasteiger partial charge in [-0.1, -0.05) is 18.2 Å². The number of benzene rings is 2. The van der Waals surface area contributed by atoms with Crippen LogP contribution in [0.2, 0.25) is 0 Å². The van der Waals surface area contributed by atoms with Crippen molar-refractivity contribution in [3.63, 3.8) is 0 Å². The minimum Gasteiger partial charge on any atom is -0.493 e. The number of allylic oxidation sites excluding steroid dienone is 1. The molecule has 0 spiro atoms. The summed E-state index contributed by atoms with van der Waals surface area (Å²) in [6.07, 6.45) is 1.67. The van der Waals surface area contributed by atoms with Gasteiger partial charge in [0.05, 0.1) is 37.5 Å². The molecule has 2 aromatic carbocycles. The van der Waals surface area contributed by atoms with Crippen molar-refractivity contribution in [2.75, 3.05) is 14.2 Å². The van der Waals surface area contributed by atoms with Gasteiger partial charge < -0.3 is 9.47 Å². The normalized spacial score (nSPS) is 11.4. The summed E-state index contributed by atoms with van der Waals surface area (Å²) in [5.41, 5.74) is 3.82. The van der Waals surface area contributed by atoms with Crippen molar-refractivity contribution in [1.82, 2.24) is 24.3 Å². The molecule has 0 atom stereocenters. The lowest BCUT2D eigenvalue weighted by molar-refractivity contribution is 0.355. The predicted octanol–water partition coefficient (Wildman–Crippen LogP) is 3.42. The molecule has 1 N–H and O–H groups in total. The van der Waals surface area contributed by atoms with Crippen molar-refractivity contribution in [3.8, 4) is 17.2 Å². The summed E-state index contributed by atoms with van der Waals surface area (Å²) in [5.74, 6) is 1.19. The van der Waals surface area contributed by atoms with Gasteiger partial charge in [-0.25, -0.2) is 14.6 Å². The quantitative estimate of drug-likeness (QED) is 0.456. The van der Waals surface area contributed by atoms with Crippen LogP contribution in [0.5, 0.6) is 11.5 Å². The summed E-state index contributed by atoms with van der Waals surface area (Å²) in [5, 5.41) is 3.67. The number of H-pyrrole nitrogens is 1. The van der Waals surface area contributed by atoms with E-state index >= 15 is 0 Å². The van der Waals surface area contributed by atoms with E-state index in [1.807, 2.05) is 47.0 Å². The highest BCUT2D eigenvalue weighted by Crippen LogP contribution is 2.33. The Bertz CT molecular complexity index is 1490. The van der Waals surface area contributed by atoms with E-state index in [0.29, 0.717) is 40.2 Å². The third-order valence-corrected chi connectivity index (χ3v) is 5.10. The van der Waals surface area contributed by atoms with Crippen LogP contribution in [0.3, 0.4) is 0 Å². The fraction of sp³-hybridized carbons (Fsp3) is 0.136. The monoisotopic (exact) mass is 401 g/mol. The van der Waals surface area contributed by atoms with Gasteiger partial charge in [0.2, 0.25) is 0 Å². The van der Waals surface area contributed by atoms with E-state index in [1.165, 1.54) is 4.68 Å². The van der Waals surface area contributed by atoms with Crippen LogP contribution < -0.4 is 15.0 Å². The zero-order valence-electron chi connectivity index (χ0n) is 16.5. The van der Waals surface area contributed by atoms with Gasteiger partial charge in [0.25, 0.3) is 5.56 Å². The molecule has 0 aliphatic rings. The number of ether oxygens (including phenoxy) is 2. The second kappa shape index (κ2) is 6.77. The zero-order chi connectivity index (χ0) is 20.8. The minimum absolute atomic E-state index is 0.168. The number of nitrogens with zero attached hydrogens (tertiary/aromatic N) is 4. The molecule has 0 amide bonds. The maximum atomic E-state index is 13.1. The lowest BCUT2D eigenvalue weighted by atomic mass is 10.2. The summed E-state index contributed by atoms with van der Waals surface area (Å²) in [7, 11) is 3.17. The molecule has 30 heavy (non-hydrogen) atoms. The van der Waals surface area contributed by atoms with E-state index in [1.54, 1.807) is 20.3 Å². The zero-order valence-corrected chi connectivity index (χ0v) is 16.5. The lowest BCUT2D eigenvalue weighted by Gasteiger charge is -2.11. The molecule has 8 heteroatoms. The van der Waals surface area contributed by atoms with E-state index < -0.39 is 0 Å². The molecule has 0 bridgehead atoms. The third-order valence-electron chi connectivity index (χ3n) is 5.10. The van der Waals surface area contributed by atoms with E-state index in [-0.39, 0.29) is 5.56 Å². The number of hydrogen-bond donors (Lipinski definition) is 1. The maximum Gasteiger partial charge on any atom is 0.278 e. The smallest absolute Gasteiger partial charge is 0.278 e. The number of methoxy groups -OCH3 is 2. The van der Waals surface area contributed by atoms with Crippen LogP contribution in [0.1, 0.15) is 0 Å². The van der Waals surface area contributed by atoms with Crippen molar-refractivity contribution in [3.05, 3.63) is 65.5 Å². The molecule has 5 rings (SSSR count). The first-order valence-electron chi connectivity index (χ1n) is 9.39. The molecule has 3 heterocycles. The van der Waals surface area contributed by atoms with Crippen LogP contribution in [0.4, 0.5) is 0 Å². The molecule has 0 saturated heterocycles. The van der Waals surface area contributed by atoms with Crippen LogP contribution in [0.15, 0.2) is 59.9 Å². The van der Waals surface area contributed by atoms with Crippen molar-refractivity contribution in [2.45, 2.75) is 6.54 Å². The van der Waals surface area contributed by atoms with E-state index in [9.17, 15) is 4.79 Å². The molecule has 8 nitrogen and oxygen atoms in total. The van der Waals surface area contributed by atoms with E-state index in [4.69, 9.17) is 19.4 Å². The molecule has 150 valence electrons. The number of aromatic nitrogens is 5. The largest absolute Gasteiger partial charge is 0.493 e. The fourth-order valence-electron chi connectivity index (χ4n) is 3.74. The Morgan fingerprint density at radius 3 is 2.50 bits per heavy atom. The summed E-state index contributed by atoms with van der Waals surface area (Å²) >= 11 is 0. The van der Waals surface area contributed by atoms with Gasteiger partial charge in [-0.15, -0.1) is 6.58 Å². The van der Waals surface area contributed by atoms with Gasteiger partial charge >= 0.3 is 0 Å². The number of para-hydroxylation sites is 2. The minimum atomic E-state index is -0.168. The molecular weight excluding hydrogens is 382 g/mol. The third kappa shape index (κ3) is 2.50. The standard InChI is InChI=1S/C22H19N5O3/c1-4-11-26-22(28)18-19-21(24-15-8-6-5-7-14(15)23-19)27(20(18)25-26)13-9-10-16(29-2)17(12-13)30-3/h4-10,12,25H,1,11H2,2-3H3. The first kappa shape index (κ1) is 18.0. The Balaban J connectivity index is 1.93. The molecule has 3 aromatic heterocycles. The Labute approximate surface area is 171 Å². The molecule has 0 saturated carbocycles. The number of hydrogen-bond acceptors (Lipinski definition) is 5. The highest BCUT2D eigenvalue weighted by atomic mass is 16.5. The van der Waals surface area contributed by atoms with Crippen LogP contribution in [-0.4, -0.2) is 38.5 Å². The van der Waals surface area contributed by atoms with Crippen LogP contribution >= 0.6 is 0 Å². The fourth-order valence-corrected chi connectivity index (χ4v) is 3.74. The molecule has 0 aliphatic carbocycles. The number of rotatable bonds is 5. The van der Waals surface area contributed by atoms with E-state index in [2.05, 4.69) is 11.7 Å². The average Bonchev–Trinajstić information content (AvgIpc) is 3.25. The molecule has 5 aromatic rings. The van der Waals surface area contributed by atoms with Gasteiger partial charge in [-0.3, -0.25) is 14.5 Å². The van der Waals surface area contributed by atoms with Gasteiger partial charge in [-0.05, 0) is 24.3 Å². The van der Waals surface area contributed by atoms with Gasteiger partial charge in [0.1, 0.15) is 16.6 Å². The first-order chi connectivity index (χ1) is 14.7. The highest BCUT2D eigenvalue weighted by molar-refractivity contribution is 6.06. The second-order valence-corrected chi connectivity index (χ2v) is 6.80. The predicted molar refractivity (Wildman–Crippen MR) is 116 cm³/mol. The lowest BCUT2D eigenvalue weighted by Crippen LogP contribution is -2.15. The highest BCUT2D eigenvalue weighted by Gasteiger charge is 2.22. The summed E-state index contributed by atoms with van der Waals surface area (Å²) in [6.45, 7) is 4.10. The summed E-state index contributed by atoms with van der Waals surface area (Å²) in [6, 6.07) is 13.2. The summed E-state index contributed by atoms with van der Waals surface area (Å²) in [4.78, 5) is 22.7. The second-order valence-electron chi connectivity index (χ2n) is 6.80.